The molecule has 0 spiro atoms. The second-order valence-corrected chi connectivity index (χ2v) is 7.84. The van der Waals surface area contributed by atoms with E-state index in [1.54, 1.807) is 18.9 Å². The van der Waals surface area contributed by atoms with E-state index in [0.29, 0.717) is 37.0 Å². The van der Waals surface area contributed by atoms with Gasteiger partial charge < -0.3 is 14.8 Å². The standard InChI is InChI=1S/C26H27N7O2/c1-5-19-8-6-9-20(14-19)23-15-24(30-26(29-23)27-12-13-34-3)25-17-33(32-31-25)16-21-10-7-11-22(28-21)18(2)35-4/h1,6-11,14-15,17-18H,12-13,16H2,2-4H3,(H,27,29,30). The molecule has 4 rings (SSSR count). The van der Waals surface area contributed by atoms with Crippen LogP contribution in [0.1, 0.15) is 30.0 Å². The monoisotopic (exact) mass is 469 g/mol. The second kappa shape index (κ2) is 11.3. The molecule has 3 aromatic heterocycles. The lowest BCUT2D eigenvalue weighted by molar-refractivity contribution is 0.116. The normalized spacial score (nSPS) is 11.7. The van der Waals surface area contributed by atoms with Crippen LogP contribution in [0.2, 0.25) is 0 Å². The van der Waals surface area contributed by atoms with Gasteiger partial charge in [0.05, 0.1) is 48.2 Å². The van der Waals surface area contributed by atoms with Crippen molar-refractivity contribution in [3.63, 3.8) is 0 Å². The molecule has 0 aliphatic heterocycles. The van der Waals surface area contributed by atoms with Gasteiger partial charge in [-0.25, -0.2) is 14.6 Å². The first kappa shape index (κ1) is 24.0. The van der Waals surface area contributed by atoms with Gasteiger partial charge in [0.15, 0.2) is 0 Å². The molecule has 1 unspecified atom stereocenters. The molecule has 1 atom stereocenters. The zero-order valence-electron chi connectivity index (χ0n) is 20.0. The van der Waals surface area contributed by atoms with Gasteiger partial charge >= 0.3 is 0 Å². The summed E-state index contributed by atoms with van der Waals surface area (Å²) < 4.78 is 12.2. The van der Waals surface area contributed by atoms with Crippen LogP contribution in [0.4, 0.5) is 5.95 Å². The highest BCUT2D eigenvalue weighted by Gasteiger charge is 2.13. The Hall–Kier alpha value is -4.13. The largest absolute Gasteiger partial charge is 0.383 e. The molecule has 1 N–H and O–H groups in total. The summed E-state index contributed by atoms with van der Waals surface area (Å²) in [5, 5.41) is 11.8. The summed E-state index contributed by atoms with van der Waals surface area (Å²) in [6.45, 7) is 3.53. The van der Waals surface area contributed by atoms with Gasteiger partial charge in [-0.15, -0.1) is 11.5 Å². The summed E-state index contributed by atoms with van der Waals surface area (Å²) in [6, 6.07) is 15.4. The van der Waals surface area contributed by atoms with Crippen LogP contribution in [0.5, 0.6) is 0 Å². The predicted octanol–water partition coefficient (Wildman–Crippen LogP) is 3.59. The number of methoxy groups -OCH3 is 2. The zero-order valence-corrected chi connectivity index (χ0v) is 20.0. The SMILES string of the molecule is C#Cc1cccc(-c2cc(-c3cn(Cc4cccc(C(C)OC)n4)nn3)nc(NCCOC)n2)c1. The van der Waals surface area contributed by atoms with Crippen LogP contribution in [-0.4, -0.2) is 57.3 Å². The van der Waals surface area contributed by atoms with E-state index in [1.165, 1.54) is 0 Å². The minimum Gasteiger partial charge on any atom is -0.383 e. The van der Waals surface area contributed by atoms with Crippen molar-refractivity contribution in [1.29, 1.82) is 0 Å². The van der Waals surface area contributed by atoms with E-state index in [9.17, 15) is 0 Å². The molecule has 0 bridgehead atoms. The lowest BCUT2D eigenvalue weighted by atomic mass is 10.1. The van der Waals surface area contributed by atoms with E-state index in [0.717, 1.165) is 28.2 Å². The number of aromatic nitrogens is 6. The summed E-state index contributed by atoms with van der Waals surface area (Å²) >= 11 is 0. The molecule has 0 fully saturated rings. The van der Waals surface area contributed by atoms with Crippen molar-refractivity contribution in [2.45, 2.75) is 19.6 Å². The number of terminal acetylenes is 1. The molecule has 0 saturated carbocycles. The molecule has 178 valence electrons. The molecular formula is C26H27N7O2. The third-order valence-electron chi connectivity index (χ3n) is 5.36. The van der Waals surface area contributed by atoms with E-state index in [-0.39, 0.29) is 6.10 Å². The molecule has 3 heterocycles. The van der Waals surface area contributed by atoms with Gasteiger partial charge in [0.25, 0.3) is 0 Å². The number of hydrogen-bond acceptors (Lipinski definition) is 8. The van der Waals surface area contributed by atoms with E-state index in [2.05, 4.69) is 36.5 Å². The quantitative estimate of drug-likeness (QED) is 0.278. The molecule has 1 aromatic carbocycles. The van der Waals surface area contributed by atoms with E-state index >= 15 is 0 Å². The van der Waals surface area contributed by atoms with E-state index < -0.39 is 0 Å². The Morgan fingerprint density at radius 1 is 1.03 bits per heavy atom. The molecule has 0 saturated heterocycles. The average Bonchev–Trinajstić information content (AvgIpc) is 3.37. The van der Waals surface area contributed by atoms with Gasteiger partial charge in [0, 0.05) is 31.9 Å². The Balaban J connectivity index is 1.64. The highest BCUT2D eigenvalue weighted by Crippen LogP contribution is 2.25. The van der Waals surface area contributed by atoms with Crippen molar-refractivity contribution in [1.82, 2.24) is 29.9 Å². The molecule has 0 aliphatic rings. The number of anilines is 1. The van der Waals surface area contributed by atoms with Gasteiger partial charge in [-0.1, -0.05) is 29.3 Å². The van der Waals surface area contributed by atoms with Crippen LogP contribution >= 0.6 is 0 Å². The topological polar surface area (TPSA) is 99.9 Å². The number of nitrogens with one attached hydrogen (secondary N) is 1. The van der Waals surface area contributed by atoms with Crippen molar-refractivity contribution in [2.24, 2.45) is 0 Å². The van der Waals surface area contributed by atoms with Crippen LogP contribution in [0.3, 0.4) is 0 Å². The third-order valence-corrected chi connectivity index (χ3v) is 5.36. The summed E-state index contributed by atoms with van der Waals surface area (Å²) in [4.78, 5) is 14.0. The fraction of sp³-hybridized carbons (Fsp3) is 0.269. The van der Waals surface area contributed by atoms with Crippen LogP contribution < -0.4 is 5.32 Å². The Kier molecular flexibility index (Phi) is 7.77. The number of benzene rings is 1. The van der Waals surface area contributed by atoms with E-state index in [1.807, 2.05) is 61.7 Å². The van der Waals surface area contributed by atoms with Gasteiger partial charge in [-0.3, -0.25) is 4.98 Å². The van der Waals surface area contributed by atoms with Crippen LogP contribution in [0.25, 0.3) is 22.6 Å². The molecule has 4 aromatic rings. The fourth-order valence-corrected chi connectivity index (χ4v) is 3.43. The number of ether oxygens (including phenoxy) is 2. The van der Waals surface area contributed by atoms with Gasteiger partial charge in [-0.05, 0) is 37.3 Å². The number of hydrogen-bond donors (Lipinski definition) is 1. The van der Waals surface area contributed by atoms with Crippen molar-refractivity contribution in [2.75, 3.05) is 32.7 Å². The fourth-order valence-electron chi connectivity index (χ4n) is 3.43. The lowest BCUT2D eigenvalue weighted by Gasteiger charge is -2.10. The average molecular weight is 470 g/mol. The summed E-state index contributed by atoms with van der Waals surface area (Å²) in [7, 11) is 3.31. The number of nitrogens with zero attached hydrogens (tertiary/aromatic N) is 6. The third kappa shape index (κ3) is 6.06. The number of rotatable bonds is 10. The summed E-state index contributed by atoms with van der Waals surface area (Å²) in [6.07, 6.45) is 7.35. The van der Waals surface area contributed by atoms with Crippen molar-refractivity contribution >= 4 is 5.95 Å². The van der Waals surface area contributed by atoms with Crippen molar-refractivity contribution < 1.29 is 9.47 Å². The first-order valence-corrected chi connectivity index (χ1v) is 11.2. The maximum absolute atomic E-state index is 5.59. The number of pyridine rings is 1. The maximum atomic E-state index is 5.59. The minimum absolute atomic E-state index is 0.0855. The highest BCUT2D eigenvalue weighted by molar-refractivity contribution is 5.68. The first-order valence-electron chi connectivity index (χ1n) is 11.2. The van der Waals surface area contributed by atoms with Crippen LogP contribution in [0, 0.1) is 12.3 Å². The molecule has 0 aliphatic carbocycles. The Morgan fingerprint density at radius 2 is 1.86 bits per heavy atom. The second-order valence-electron chi connectivity index (χ2n) is 7.84. The Bertz CT molecular complexity index is 1330. The van der Waals surface area contributed by atoms with Gasteiger partial charge in [-0.2, -0.15) is 0 Å². The van der Waals surface area contributed by atoms with Crippen molar-refractivity contribution in [3.05, 3.63) is 71.7 Å². The Labute approximate surface area is 204 Å². The Morgan fingerprint density at radius 3 is 2.66 bits per heavy atom. The molecule has 0 amide bonds. The van der Waals surface area contributed by atoms with Crippen LogP contribution in [0.15, 0.2) is 54.7 Å². The van der Waals surface area contributed by atoms with E-state index in [4.69, 9.17) is 15.9 Å². The van der Waals surface area contributed by atoms with Gasteiger partial charge in [0.1, 0.15) is 5.69 Å². The smallest absolute Gasteiger partial charge is 0.223 e. The van der Waals surface area contributed by atoms with Crippen molar-refractivity contribution in [3.8, 4) is 35.0 Å². The summed E-state index contributed by atoms with van der Waals surface area (Å²) in [5.41, 5.74) is 5.38. The zero-order chi connectivity index (χ0) is 24.6. The molecule has 9 nitrogen and oxygen atoms in total. The first-order chi connectivity index (χ1) is 17.1. The van der Waals surface area contributed by atoms with Crippen LogP contribution in [-0.2, 0) is 16.0 Å². The maximum Gasteiger partial charge on any atom is 0.223 e. The minimum atomic E-state index is -0.0855. The van der Waals surface area contributed by atoms with Gasteiger partial charge in [0.2, 0.25) is 5.95 Å². The lowest BCUT2D eigenvalue weighted by Crippen LogP contribution is -2.11. The molecule has 35 heavy (non-hydrogen) atoms. The molecule has 0 radical (unpaired) electrons. The predicted molar refractivity (Wildman–Crippen MR) is 134 cm³/mol. The summed E-state index contributed by atoms with van der Waals surface area (Å²) in [5.74, 6) is 3.14. The molecular weight excluding hydrogens is 442 g/mol. The highest BCUT2D eigenvalue weighted by atomic mass is 16.5. The molecule has 9 heteroatoms.